The lowest BCUT2D eigenvalue weighted by Gasteiger charge is -2.19. The van der Waals surface area contributed by atoms with E-state index in [1.165, 1.54) is 0 Å². The van der Waals surface area contributed by atoms with Crippen LogP contribution in [-0.2, 0) is 16.1 Å². The Morgan fingerprint density at radius 2 is 1.96 bits per heavy atom. The average molecular weight is 317 g/mol. The highest BCUT2D eigenvalue weighted by atomic mass is 16.2. The molecule has 1 aromatic rings. The predicted molar refractivity (Wildman–Crippen MR) is 90.8 cm³/mol. The van der Waals surface area contributed by atoms with E-state index in [-0.39, 0.29) is 17.7 Å². The maximum atomic E-state index is 12.2. The fourth-order valence-corrected chi connectivity index (χ4v) is 2.93. The zero-order valence-corrected chi connectivity index (χ0v) is 14.1. The Labute approximate surface area is 138 Å². The number of amides is 2. The second-order valence-corrected chi connectivity index (χ2v) is 5.98. The van der Waals surface area contributed by atoms with E-state index >= 15 is 0 Å². The SMILES string of the molecule is CCN(CC)CCNC(=O)[C@@H]1CC(=O)N(Cc2ccccc2)C1. The maximum Gasteiger partial charge on any atom is 0.225 e. The molecule has 1 aliphatic rings. The molecule has 0 aliphatic carbocycles. The van der Waals surface area contributed by atoms with E-state index in [0.717, 1.165) is 25.2 Å². The van der Waals surface area contributed by atoms with Gasteiger partial charge in [-0.15, -0.1) is 0 Å². The largest absolute Gasteiger partial charge is 0.355 e. The third-order valence-corrected chi connectivity index (χ3v) is 4.42. The van der Waals surface area contributed by atoms with Gasteiger partial charge in [0.1, 0.15) is 0 Å². The molecular weight excluding hydrogens is 290 g/mol. The Morgan fingerprint density at radius 3 is 2.61 bits per heavy atom. The molecule has 1 aromatic carbocycles. The predicted octanol–water partition coefficient (Wildman–Crippen LogP) is 1.49. The van der Waals surface area contributed by atoms with Crippen molar-refractivity contribution in [2.45, 2.75) is 26.8 Å². The molecule has 5 heteroatoms. The molecule has 0 bridgehead atoms. The van der Waals surface area contributed by atoms with Crippen LogP contribution in [0.4, 0.5) is 0 Å². The average Bonchev–Trinajstić information content (AvgIpc) is 2.93. The van der Waals surface area contributed by atoms with Gasteiger partial charge in [-0.25, -0.2) is 0 Å². The van der Waals surface area contributed by atoms with Gasteiger partial charge in [-0.05, 0) is 18.7 Å². The van der Waals surface area contributed by atoms with Crippen LogP contribution in [0.3, 0.4) is 0 Å². The van der Waals surface area contributed by atoms with Crippen molar-refractivity contribution >= 4 is 11.8 Å². The van der Waals surface area contributed by atoms with E-state index in [1.54, 1.807) is 4.90 Å². The number of nitrogens with one attached hydrogen (secondary N) is 1. The van der Waals surface area contributed by atoms with Gasteiger partial charge in [-0.2, -0.15) is 0 Å². The second-order valence-electron chi connectivity index (χ2n) is 5.98. The Bertz CT molecular complexity index is 514. The zero-order chi connectivity index (χ0) is 16.7. The van der Waals surface area contributed by atoms with Crippen molar-refractivity contribution in [2.75, 3.05) is 32.7 Å². The van der Waals surface area contributed by atoms with Gasteiger partial charge in [0.25, 0.3) is 0 Å². The molecule has 1 saturated heterocycles. The molecule has 2 rings (SSSR count). The lowest BCUT2D eigenvalue weighted by atomic mass is 10.1. The minimum Gasteiger partial charge on any atom is -0.355 e. The number of benzene rings is 1. The molecule has 5 nitrogen and oxygen atoms in total. The van der Waals surface area contributed by atoms with Crippen LogP contribution in [0.5, 0.6) is 0 Å². The van der Waals surface area contributed by atoms with E-state index in [1.807, 2.05) is 30.3 Å². The fraction of sp³-hybridized carbons (Fsp3) is 0.556. The number of likely N-dealkylation sites (N-methyl/N-ethyl adjacent to an activating group) is 1. The topological polar surface area (TPSA) is 52.7 Å². The molecule has 23 heavy (non-hydrogen) atoms. The quantitative estimate of drug-likeness (QED) is 0.790. The Hall–Kier alpha value is -1.88. The third kappa shape index (κ3) is 5.06. The highest BCUT2D eigenvalue weighted by Gasteiger charge is 2.33. The summed E-state index contributed by atoms with van der Waals surface area (Å²) in [5.74, 6) is -0.151. The molecule has 0 aromatic heterocycles. The summed E-state index contributed by atoms with van der Waals surface area (Å²) in [5, 5.41) is 2.97. The minimum absolute atomic E-state index is 0.000989. The second kappa shape index (κ2) is 8.67. The van der Waals surface area contributed by atoms with Gasteiger partial charge in [-0.1, -0.05) is 44.2 Å². The summed E-state index contributed by atoms with van der Waals surface area (Å²) in [6.45, 7) is 8.80. The lowest BCUT2D eigenvalue weighted by molar-refractivity contribution is -0.129. The monoisotopic (exact) mass is 317 g/mol. The standard InChI is InChI=1S/C18H27N3O2/c1-3-20(4-2)11-10-19-18(23)16-12-17(22)21(14-16)13-15-8-6-5-7-9-15/h5-9,16H,3-4,10-14H2,1-2H3,(H,19,23)/t16-/m1/s1. The Kier molecular flexibility index (Phi) is 6.59. The summed E-state index contributed by atoms with van der Waals surface area (Å²) in [6.07, 6.45) is 0.323. The molecule has 2 amide bonds. The van der Waals surface area contributed by atoms with Gasteiger partial charge in [0.05, 0.1) is 5.92 Å². The van der Waals surface area contributed by atoms with E-state index in [4.69, 9.17) is 0 Å². The van der Waals surface area contributed by atoms with Crippen molar-refractivity contribution in [3.63, 3.8) is 0 Å². The number of carbonyl (C=O) groups is 2. The third-order valence-electron chi connectivity index (χ3n) is 4.42. The number of rotatable bonds is 8. The van der Waals surface area contributed by atoms with Crippen molar-refractivity contribution in [3.8, 4) is 0 Å². The van der Waals surface area contributed by atoms with E-state index in [9.17, 15) is 9.59 Å². The van der Waals surface area contributed by atoms with E-state index < -0.39 is 0 Å². The molecule has 0 unspecified atom stereocenters. The summed E-state index contributed by atoms with van der Waals surface area (Å²) >= 11 is 0. The Morgan fingerprint density at radius 1 is 1.26 bits per heavy atom. The summed E-state index contributed by atoms with van der Waals surface area (Å²) in [7, 11) is 0. The molecule has 126 valence electrons. The number of likely N-dealkylation sites (tertiary alicyclic amines) is 1. The van der Waals surface area contributed by atoms with Crippen LogP contribution >= 0.6 is 0 Å². The normalized spacial score (nSPS) is 17.8. The molecule has 0 saturated carbocycles. The minimum atomic E-state index is -0.220. The summed E-state index contributed by atoms with van der Waals surface area (Å²) in [5.41, 5.74) is 1.10. The summed E-state index contributed by atoms with van der Waals surface area (Å²) in [6, 6.07) is 9.90. The van der Waals surface area contributed by atoms with Crippen molar-refractivity contribution in [1.82, 2.24) is 15.1 Å². The number of carbonyl (C=O) groups excluding carboxylic acids is 2. The summed E-state index contributed by atoms with van der Waals surface area (Å²) in [4.78, 5) is 28.4. The van der Waals surface area contributed by atoms with Crippen LogP contribution in [0.2, 0.25) is 0 Å². The number of hydrogen-bond acceptors (Lipinski definition) is 3. The first-order valence-electron chi connectivity index (χ1n) is 8.45. The van der Waals surface area contributed by atoms with E-state index in [0.29, 0.717) is 26.1 Å². The zero-order valence-electron chi connectivity index (χ0n) is 14.1. The molecule has 0 radical (unpaired) electrons. The first-order chi connectivity index (χ1) is 11.1. The van der Waals surface area contributed by atoms with Gasteiger partial charge in [0, 0.05) is 32.6 Å². The van der Waals surface area contributed by atoms with Gasteiger partial charge in [-0.3, -0.25) is 9.59 Å². The van der Waals surface area contributed by atoms with Gasteiger partial charge >= 0.3 is 0 Å². The molecular formula is C18H27N3O2. The van der Waals surface area contributed by atoms with E-state index in [2.05, 4.69) is 24.1 Å². The van der Waals surface area contributed by atoms with Crippen molar-refractivity contribution in [3.05, 3.63) is 35.9 Å². The number of hydrogen-bond donors (Lipinski definition) is 1. The molecule has 1 aliphatic heterocycles. The lowest BCUT2D eigenvalue weighted by Crippen LogP contribution is -2.38. The molecule has 1 atom stereocenters. The molecule has 1 N–H and O–H groups in total. The maximum absolute atomic E-state index is 12.2. The van der Waals surface area contributed by atoms with Crippen molar-refractivity contribution in [2.24, 2.45) is 5.92 Å². The highest BCUT2D eigenvalue weighted by molar-refractivity contribution is 5.89. The van der Waals surface area contributed by atoms with Crippen LogP contribution in [0.15, 0.2) is 30.3 Å². The van der Waals surface area contributed by atoms with Gasteiger partial charge in [0.15, 0.2) is 0 Å². The highest BCUT2D eigenvalue weighted by Crippen LogP contribution is 2.20. The molecule has 0 spiro atoms. The van der Waals surface area contributed by atoms with Crippen molar-refractivity contribution < 1.29 is 9.59 Å². The fourth-order valence-electron chi connectivity index (χ4n) is 2.93. The van der Waals surface area contributed by atoms with Gasteiger partial charge < -0.3 is 15.1 Å². The van der Waals surface area contributed by atoms with Crippen LogP contribution in [0, 0.1) is 5.92 Å². The van der Waals surface area contributed by atoms with Crippen molar-refractivity contribution in [1.29, 1.82) is 0 Å². The first-order valence-corrected chi connectivity index (χ1v) is 8.45. The van der Waals surface area contributed by atoms with Gasteiger partial charge in [0.2, 0.25) is 11.8 Å². The number of nitrogens with zero attached hydrogens (tertiary/aromatic N) is 2. The summed E-state index contributed by atoms with van der Waals surface area (Å²) < 4.78 is 0. The Balaban J connectivity index is 1.78. The smallest absolute Gasteiger partial charge is 0.225 e. The van der Waals surface area contributed by atoms with Crippen LogP contribution < -0.4 is 5.32 Å². The van der Waals surface area contributed by atoms with Crippen LogP contribution in [0.1, 0.15) is 25.8 Å². The first kappa shape index (κ1) is 17.5. The van der Waals surface area contributed by atoms with Crippen LogP contribution in [0.25, 0.3) is 0 Å². The van der Waals surface area contributed by atoms with Crippen LogP contribution in [-0.4, -0.2) is 54.3 Å². The molecule has 1 fully saturated rings. The molecule has 1 heterocycles.